The first-order valence-electron chi connectivity index (χ1n) is 10.4. The van der Waals surface area contributed by atoms with Crippen molar-refractivity contribution in [2.75, 3.05) is 44.3 Å². The fourth-order valence-electron chi connectivity index (χ4n) is 3.92. The zero-order chi connectivity index (χ0) is 20.1. The van der Waals surface area contributed by atoms with Gasteiger partial charge in [-0.1, -0.05) is 29.8 Å². The molecule has 2 fully saturated rings. The number of amides is 1. The number of anilines is 1. The number of rotatable bonds is 5. The van der Waals surface area contributed by atoms with Gasteiger partial charge in [0.2, 0.25) is 0 Å². The maximum absolute atomic E-state index is 12.4. The van der Waals surface area contributed by atoms with E-state index >= 15 is 0 Å². The average molecular weight is 396 g/mol. The lowest BCUT2D eigenvalue weighted by Crippen LogP contribution is -2.46. The van der Waals surface area contributed by atoms with Crippen molar-refractivity contribution in [1.82, 2.24) is 20.4 Å². The molecular weight excluding hydrogens is 366 g/mol. The molecule has 0 atom stereocenters. The summed E-state index contributed by atoms with van der Waals surface area (Å²) in [6.07, 6.45) is 1.70. The molecule has 7 nitrogen and oxygen atoms in total. The van der Waals surface area contributed by atoms with Gasteiger partial charge in [-0.3, -0.25) is 9.69 Å². The lowest BCUT2D eigenvalue weighted by atomic mass is 10.1. The quantitative estimate of drug-likeness (QED) is 0.835. The van der Waals surface area contributed by atoms with Crippen LogP contribution in [-0.2, 0) is 11.3 Å². The molecule has 2 aromatic rings. The summed E-state index contributed by atoms with van der Waals surface area (Å²) in [5, 5.41) is 11.5. The van der Waals surface area contributed by atoms with Crippen molar-refractivity contribution in [2.45, 2.75) is 32.4 Å². The third-order valence-electron chi connectivity index (χ3n) is 5.62. The van der Waals surface area contributed by atoms with E-state index in [1.807, 2.05) is 6.07 Å². The van der Waals surface area contributed by atoms with Gasteiger partial charge in [-0.05, 0) is 37.5 Å². The second-order valence-electron chi connectivity index (χ2n) is 7.89. The molecule has 7 heteroatoms. The fourth-order valence-corrected chi connectivity index (χ4v) is 3.92. The summed E-state index contributed by atoms with van der Waals surface area (Å²) in [4.78, 5) is 17.1. The first-order chi connectivity index (χ1) is 14.2. The molecule has 0 saturated carbocycles. The molecule has 0 bridgehead atoms. The summed E-state index contributed by atoms with van der Waals surface area (Å²) in [6, 6.07) is 12.5. The van der Waals surface area contributed by atoms with Gasteiger partial charge in [0.25, 0.3) is 5.91 Å². The second-order valence-corrected chi connectivity index (χ2v) is 7.89. The molecule has 4 rings (SSSR count). The summed E-state index contributed by atoms with van der Waals surface area (Å²) >= 11 is 0. The number of aryl methyl sites for hydroxylation is 1. The number of benzene rings is 1. The Bertz CT molecular complexity index is 812. The second kappa shape index (κ2) is 9.33. The Kier molecular flexibility index (Phi) is 6.36. The minimum Gasteiger partial charge on any atom is -0.381 e. The van der Waals surface area contributed by atoms with E-state index in [2.05, 4.69) is 56.5 Å². The van der Waals surface area contributed by atoms with Gasteiger partial charge in [-0.2, -0.15) is 0 Å². The topological polar surface area (TPSA) is 70.6 Å². The number of piperazine rings is 1. The van der Waals surface area contributed by atoms with Crippen LogP contribution in [-0.4, -0.2) is 66.4 Å². The van der Waals surface area contributed by atoms with Gasteiger partial charge in [-0.25, -0.2) is 0 Å². The standard InChI is InChI=1S/C22H29N5O2/c1-17-3-2-4-18(15-17)16-26-9-11-27(12-10-26)21-6-5-20(24-25-21)22(28)23-19-7-13-29-14-8-19/h2-6,15,19H,7-14,16H2,1H3,(H,23,28). The van der Waals surface area contributed by atoms with Crippen LogP contribution in [0.1, 0.15) is 34.5 Å². The zero-order valence-electron chi connectivity index (χ0n) is 17.0. The molecule has 29 heavy (non-hydrogen) atoms. The Morgan fingerprint density at radius 2 is 1.90 bits per heavy atom. The lowest BCUT2D eigenvalue weighted by molar-refractivity contribution is 0.0693. The molecule has 0 aliphatic carbocycles. The number of nitrogens with zero attached hydrogens (tertiary/aromatic N) is 4. The normalized spacial score (nSPS) is 18.6. The summed E-state index contributed by atoms with van der Waals surface area (Å²) in [7, 11) is 0. The Morgan fingerprint density at radius 1 is 1.10 bits per heavy atom. The predicted octanol–water partition coefficient (Wildman–Crippen LogP) is 2.02. The van der Waals surface area contributed by atoms with Crippen molar-refractivity contribution >= 4 is 11.7 Å². The van der Waals surface area contributed by atoms with Crippen LogP contribution in [0.4, 0.5) is 5.82 Å². The Balaban J connectivity index is 1.28. The van der Waals surface area contributed by atoms with Crippen molar-refractivity contribution in [3.05, 3.63) is 53.2 Å². The van der Waals surface area contributed by atoms with Crippen molar-refractivity contribution in [3.8, 4) is 0 Å². The van der Waals surface area contributed by atoms with Crippen LogP contribution in [0.3, 0.4) is 0 Å². The molecule has 3 heterocycles. The van der Waals surface area contributed by atoms with Gasteiger partial charge >= 0.3 is 0 Å². The molecule has 2 saturated heterocycles. The molecule has 1 aromatic heterocycles. The monoisotopic (exact) mass is 395 g/mol. The molecule has 1 amide bonds. The minimum atomic E-state index is -0.154. The summed E-state index contributed by atoms with van der Waals surface area (Å²) in [6.45, 7) is 8.31. The minimum absolute atomic E-state index is 0.154. The number of ether oxygens (including phenoxy) is 1. The van der Waals surface area contributed by atoms with Crippen LogP contribution in [0.2, 0.25) is 0 Å². The maximum Gasteiger partial charge on any atom is 0.272 e. The van der Waals surface area contributed by atoms with E-state index < -0.39 is 0 Å². The number of hydrogen-bond acceptors (Lipinski definition) is 6. The van der Waals surface area contributed by atoms with E-state index in [1.165, 1.54) is 11.1 Å². The highest BCUT2D eigenvalue weighted by Gasteiger charge is 2.21. The van der Waals surface area contributed by atoms with E-state index in [0.29, 0.717) is 18.9 Å². The van der Waals surface area contributed by atoms with Gasteiger partial charge in [0.15, 0.2) is 11.5 Å². The number of hydrogen-bond donors (Lipinski definition) is 1. The maximum atomic E-state index is 12.4. The molecular formula is C22H29N5O2. The SMILES string of the molecule is Cc1cccc(CN2CCN(c3ccc(C(=O)NC4CCOCC4)nn3)CC2)c1. The molecule has 1 aromatic carbocycles. The molecule has 154 valence electrons. The Labute approximate surface area is 172 Å². The zero-order valence-corrected chi connectivity index (χ0v) is 17.0. The van der Waals surface area contributed by atoms with Gasteiger partial charge in [-0.15, -0.1) is 10.2 Å². The number of carbonyl (C=O) groups is 1. The number of carbonyl (C=O) groups excluding carboxylic acids is 1. The summed E-state index contributed by atoms with van der Waals surface area (Å²) in [5.74, 6) is 0.682. The van der Waals surface area contributed by atoms with E-state index in [9.17, 15) is 4.79 Å². The molecule has 0 radical (unpaired) electrons. The van der Waals surface area contributed by atoms with Crippen LogP contribution < -0.4 is 10.2 Å². The van der Waals surface area contributed by atoms with Gasteiger partial charge in [0.05, 0.1) is 0 Å². The first kappa shape index (κ1) is 19.8. The van der Waals surface area contributed by atoms with Gasteiger partial charge in [0.1, 0.15) is 0 Å². The lowest BCUT2D eigenvalue weighted by Gasteiger charge is -2.35. The van der Waals surface area contributed by atoms with E-state index in [-0.39, 0.29) is 11.9 Å². The third kappa shape index (κ3) is 5.31. The number of nitrogens with one attached hydrogen (secondary N) is 1. The number of aromatic nitrogens is 2. The van der Waals surface area contributed by atoms with Crippen molar-refractivity contribution in [2.24, 2.45) is 0 Å². The molecule has 1 N–H and O–H groups in total. The fraction of sp³-hybridized carbons (Fsp3) is 0.500. The molecule has 0 spiro atoms. The van der Waals surface area contributed by atoms with Gasteiger partial charge in [0, 0.05) is 52.0 Å². The highest BCUT2D eigenvalue weighted by atomic mass is 16.5. The van der Waals surface area contributed by atoms with E-state index in [0.717, 1.165) is 51.4 Å². The Hall–Kier alpha value is -2.51. The third-order valence-corrected chi connectivity index (χ3v) is 5.62. The molecule has 0 unspecified atom stereocenters. The van der Waals surface area contributed by atoms with Crippen molar-refractivity contribution < 1.29 is 9.53 Å². The van der Waals surface area contributed by atoms with Gasteiger partial charge < -0.3 is 15.0 Å². The van der Waals surface area contributed by atoms with Crippen LogP contribution in [0.25, 0.3) is 0 Å². The predicted molar refractivity (Wildman–Crippen MR) is 112 cm³/mol. The smallest absolute Gasteiger partial charge is 0.272 e. The highest BCUT2D eigenvalue weighted by Crippen LogP contribution is 2.15. The van der Waals surface area contributed by atoms with Crippen LogP contribution in [0.5, 0.6) is 0 Å². The van der Waals surface area contributed by atoms with Crippen LogP contribution in [0.15, 0.2) is 36.4 Å². The molecule has 2 aliphatic rings. The van der Waals surface area contributed by atoms with Crippen molar-refractivity contribution in [1.29, 1.82) is 0 Å². The van der Waals surface area contributed by atoms with E-state index in [1.54, 1.807) is 6.07 Å². The summed E-state index contributed by atoms with van der Waals surface area (Å²) in [5.41, 5.74) is 3.04. The van der Waals surface area contributed by atoms with Crippen LogP contribution in [0, 0.1) is 6.92 Å². The highest BCUT2D eigenvalue weighted by molar-refractivity contribution is 5.92. The van der Waals surface area contributed by atoms with Crippen LogP contribution >= 0.6 is 0 Å². The Morgan fingerprint density at radius 3 is 2.59 bits per heavy atom. The van der Waals surface area contributed by atoms with E-state index in [4.69, 9.17) is 4.74 Å². The average Bonchev–Trinajstić information content (AvgIpc) is 2.75. The largest absolute Gasteiger partial charge is 0.381 e. The van der Waals surface area contributed by atoms with Crippen molar-refractivity contribution in [3.63, 3.8) is 0 Å². The molecule has 2 aliphatic heterocycles. The summed E-state index contributed by atoms with van der Waals surface area (Å²) < 4.78 is 5.33. The first-order valence-corrected chi connectivity index (χ1v) is 10.4.